The molecule has 0 aliphatic heterocycles. The number of methoxy groups -OCH3 is 1. The fourth-order valence-corrected chi connectivity index (χ4v) is 3.90. The standard InChI is InChI=1S/C22H29IN2O3/c1-14(2)25(15(3)4)16(5)28-21-13-19(10-11-20(21)27-6)24-22(26)17-8-7-9-18(23)12-17/h7-16H,1-6H3,(H,24,26). The van der Waals surface area contributed by atoms with Crippen LogP contribution in [0, 0.1) is 3.57 Å². The number of hydrogen-bond donors (Lipinski definition) is 1. The second-order valence-electron chi connectivity index (χ2n) is 7.18. The van der Waals surface area contributed by atoms with Gasteiger partial charge in [-0.05, 0) is 87.5 Å². The summed E-state index contributed by atoms with van der Waals surface area (Å²) in [5.41, 5.74) is 1.27. The summed E-state index contributed by atoms with van der Waals surface area (Å²) in [6, 6.07) is 13.6. The van der Waals surface area contributed by atoms with Crippen LogP contribution in [-0.4, -0.2) is 36.2 Å². The van der Waals surface area contributed by atoms with E-state index in [1.54, 1.807) is 19.2 Å². The molecule has 5 nitrogen and oxygen atoms in total. The number of nitrogens with zero attached hydrogens (tertiary/aromatic N) is 1. The van der Waals surface area contributed by atoms with Crippen LogP contribution in [0.5, 0.6) is 11.5 Å². The minimum absolute atomic E-state index is 0.143. The van der Waals surface area contributed by atoms with Gasteiger partial charge >= 0.3 is 0 Å². The first-order valence-electron chi connectivity index (χ1n) is 9.42. The van der Waals surface area contributed by atoms with Crippen LogP contribution in [0.25, 0.3) is 0 Å². The van der Waals surface area contributed by atoms with Gasteiger partial charge in [0.15, 0.2) is 11.5 Å². The fourth-order valence-electron chi connectivity index (χ4n) is 3.36. The van der Waals surface area contributed by atoms with Crippen molar-refractivity contribution in [3.63, 3.8) is 0 Å². The van der Waals surface area contributed by atoms with Gasteiger partial charge in [0.05, 0.1) is 7.11 Å². The molecule has 2 rings (SSSR count). The van der Waals surface area contributed by atoms with Crippen LogP contribution >= 0.6 is 22.6 Å². The molecule has 0 aliphatic carbocycles. The number of benzene rings is 2. The number of carbonyl (C=O) groups is 1. The van der Waals surface area contributed by atoms with E-state index in [1.807, 2.05) is 37.3 Å². The van der Waals surface area contributed by atoms with E-state index in [-0.39, 0.29) is 12.1 Å². The Morgan fingerprint density at radius 1 is 1.00 bits per heavy atom. The van der Waals surface area contributed by atoms with Crippen LogP contribution < -0.4 is 14.8 Å². The third kappa shape index (κ3) is 5.85. The van der Waals surface area contributed by atoms with Crippen molar-refractivity contribution in [1.29, 1.82) is 0 Å². The summed E-state index contributed by atoms with van der Waals surface area (Å²) in [7, 11) is 1.61. The third-order valence-electron chi connectivity index (χ3n) is 4.42. The first-order valence-corrected chi connectivity index (χ1v) is 10.5. The van der Waals surface area contributed by atoms with Crippen LogP contribution in [0.3, 0.4) is 0 Å². The normalized spacial score (nSPS) is 12.4. The lowest BCUT2D eigenvalue weighted by Gasteiger charge is -2.36. The first kappa shape index (κ1) is 22.5. The van der Waals surface area contributed by atoms with Gasteiger partial charge in [-0.15, -0.1) is 0 Å². The SMILES string of the molecule is COc1ccc(NC(=O)c2cccc(I)c2)cc1OC(C)N(C(C)C)C(C)C. The van der Waals surface area contributed by atoms with E-state index in [9.17, 15) is 4.79 Å². The van der Waals surface area contributed by atoms with E-state index in [0.717, 1.165) is 3.57 Å². The van der Waals surface area contributed by atoms with Crippen LogP contribution in [0.15, 0.2) is 42.5 Å². The molecule has 0 heterocycles. The second-order valence-corrected chi connectivity index (χ2v) is 8.43. The maximum atomic E-state index is 12.5. The van der Waals surface area contributed by atoms with Gasteiger partial charge in [-0.1, -0.05) is 6.07 Å². The maximum absolute atomic E-state index is 12.5. The Morgan fingerprint density at radius 2 is 1.68 bits per heavy atom. The van der Waals surface area contributed by atoms with Crippen LogP contribution in [0.4, 0.5) is 5.69 Å². The van der Waals surface area contributed by atoms with E-state index in [0.29, 0.717) is 34.8 Å². The smallest absolute Gasteiger partial charge is 0.255 e. The van der Waals surface area contributed by atoms with Gasteiger partial charge in [0.25, 0.3) is 5.91 Å². The lowest BCUT2D eigenvalue weighted by molar-refractivity contribution is -0.00690. The molecule has 0 bridgehead atoms. The fraction of sp³-hybridized carbons (Fsp3) is 0.409. The zero-order valence-corrected chi connectivity index (χ0v) is 19.5. The summed E-state index contributed by atoms with van der Waals surface area (Å²) in [6.07, 6.45) is -0.143. The van der Waals surface area contributed by atoms with Crippen molar-refractivity contribution >= 4 is 34.2 Å². The molecule has 0 fully saturated rings. The van der Waals surface area contributed by atoms with Crippen molar-refractivity contribution in [2.45, 2.75) is 52.9 Å². The lowest BCUT2D eigenvalue weighted by atomic mass is 10.2. The molecular formula is C22H29IN2O3. The first-order chi connectivity index (χ1) is 13.2. The van der Waals surface area contributed by atoms with Crippen molar-refractivity contribution in [1.82, 2.24) is 4.90 Å². The van der Waals surface area contributed by atoms with Gasteiger partial charge in [0, 0.05) is 33.0 Å². The molecule has 0 radical (unpaired) electrons. The van der Waals surface area contributed by atoms with Crippen LogP contribution in [0.1, 0.15) is 45.0 Å². The summed E-state index contributed by atoms with van der Waals surface area (Å²) < 4.78 is 12.7. The van der Waals surface area contributed by atoms with Crippen molar-refractivity contribution in [2.24, 2.45) is 0 Å². The molecule has 6 heteroatoms. The van der Waals surface area contributed by atoms with Crippen molar-refractivity contribution in [3.05, 3.63) is 51.6 Å². The summed E-state index contributed by atoms with van der Waals surface area (Å²) in [6.45, 7) is 10.6. The lowest BCUT2D eigenvalue weighted by Crippen LogP contribution is -2.46. The highest BCUT2D eigenvalue weighted by atomic mass is 127. The molecule has 0 aliphatic rings. The molecule has 1 N–H and O–H groups in total. The molecule has 1 amide bonds. The monoisotopic (exact) mass is 496 g/mol. The molecule has 152 valence electrons. The van der Waals surface area contributed by atoms with Gasteiger partial charge < -0.3 is 14.8 Å². The number of amides is 1. The van der Waals surface area contributed by atoms with Crippen molar-refractivity contribution in [2.75, 3.05) is 12.4 Å². The molecule has 2 aromatic carbocycles. The van der Waals surface area contributed by atoms with Crippen molar-refractivity contribution < 1.29 is 14.3 Å². The molecule has 1 unspecified atom stereocenters. The Morgan fingerprint density at radius 3 is 2.25 bits per heavy atom. The number of rotatable bonds is 8. The highest BCUT2D eigenvalue weighted by Gasteiger charge is 2.23. The molecule has 0 spiro atoms. The Bertz CT molecular complexity index is 800. The molecule has 0 aromatic heterocycles. The van der Waals surface area contributed by atoms with E-state index in [4.69, 9.17) is 9.47 Å². The Kier molecular flexibility index (Phi) is 8.12. The van der Waals surface area contributed by atoms with Gasteiger partial charge in [-0.25, -0.2) is 0 Å². The third-order valence-corrected chi connectivity index (χ3v) is 5.09. The number of ether oxygens (including phenoxy) is 2. The minimum Gasteiger partial charge on any atom is -0.493 e. The quantitative estimate of drug-likeness (QED) is 0.393. The summed E-state index contributed by atoms with van der Waals surface area (Å²) in [5.74, 6) is 1.07. The number of carbonyl (C=O) groups excluding carboxylic acids is 1. The van der Waals surface area contributed by atoms with Gasteiger partial charge in [0.1, 0.15) is 6.23 Å². The molecule has 28 heavy (non-hydrogen) atoms. The van der Waals surface area contributed by atoms with Crippen LogP contribution in [0.2, 0.25) is 0 Å². The molecule has 2 aromatic rings. The Hall–Kier alpha value is -1.80. The predicted molar refractivity (Wildman–Crippen MR) is 122 cm³/mol. The van der Waals surface area contributed by atoms with Crippen LogP contribution in [-0.2, 0) is 0 Å². The zero-order valence-electron chi connectivity index (χ0n) is 17.3. The number of halogens is 1. The summed E-state index contributed by atoms with van der Waals surface area (Å²) >= 11 is 2.19. The molecule has 1 atom stereocenters. The number of hydrogen-bond acceptors (Lipinski definition) is 4. The van der Waals surface area contributed by atoms with E-state index >= 15 is 0 Å². The van der Waals surface area contributed by atoms with E-state index in [2.05, 4.69) is 60.5 Å². The Labute approximate surface area is 181 Å². The largest absolute Gasteiger partial charge is 0.493 e. The molecule has 0 saturated heterocycles. The molecular weight excluding hydrogens is 467 g/mol. The number of nitrogens with one attached hydrogen (secondary N) is 1. The highest BCUT2D eigenvalue weighted by Crippen LogP contribution is 2.32. The second kappa shape index (κ2) is 10.1. The minimum atomic E-state index is -0.159. The Balaban J connectivity index is 2.22. The number of anilines is 1. The van der Waals surface area contributed by atoms with Gasteiger partial charge in [-0.2, -0.15) is 0 Å². The predicted octanol–water partition coefficient (Wildman–Crippen LogP) is 5.40. The maximum Gasteiger partial charge on any atom is 0.255 e. The summed E-state index contributed by atoms with van der Waals surface area (Å²) in [4.78, 5) is 14.8. The van der Waals surface area contributed by atoms with E-state index in [1.165, 1.54) is 0 Å². The topological polar surface area (TPSA) is 50.8 Å². The average Bonchev–Trinajstić information content (AvgIpc) is 2.61. The van der Waals surface area contributed by atoms with Crippen molar-refractivity contribution in [3.8, 4) is 11.5 Å². The van der Waals surface area contributed by atoms with Gasteiger partial charge in [0.2, 0.25) is 0 Å². The van der Waals surface area contributed by atoms with Gasteiger partial charge in [-0.3, -0.25) is 9.69 Å². The highest BCUT2D eigenvalue weighted by molar-refractivity contribution is 14.1. The summed E-state index contributed by atoms with van der Waals surface area (Å²) in [5, 5.41) is 2.93. The van der Waals surface area contributed by atoms with E-state index < -0.39 is 0 Å². The zero-order chi connectivity index (χ0) is 20.8. The average molecular weight is 496 g/mol. The molecule has 0 saturated carbocycles.